The molecule has 0 aliphatic heterocycles. The van der Waals surface area contributed by atoms with Gasteiger partial charge in [0.1, 0.15) is 5.75 Å². The average molecular weight is 305 g/mol. The number of aryl methyl sites for hydroxylation is 1. The van der Waals surface area contributed by atoms with E-state index in [1.807, 2.05) is 36.4 Å². The molecule has 0 radical (unpaired) electrons. The van der Waals surface area contributed by atoms with Gasteiger partial charge in [0.2, 0.25) is 0 Å². The molecule has 0 fully saturated rings. The Hall–Kier alpha value is -1.71. The molecule has 0 unspecified atom stereocenters. The van der Waals surface area contributed by atoms with Crippen molar-refractivity contribution >= 4 is 17.3 Å². The summed E-state index contributed by atoms with van der Waals surface area (Å²) < 4.78 is 5.15. The standard InChI is InChI=1S/C17H21ClN2O/c1-21-17-9-8-13(11-16(17)19)5-4-10-20-12-14-6-2-3-7-15(14)18/h2-3,6-9,11,20H,4-5,10,12,19H2,1H3. The second-order valence-corrected chi connectivity index (χ2v) is 5.36. The zero-order chi connectivity index (χ0) is 15.1. The molecule has 0 heterocycles. The van der Waals surface area contributed by atoms with E-state index in [1.165, 1.54) is 5.56 Å². The zero-order valence-corrected chi connectivity index (χ0v) is 13.0. The Morgan fingerprint density at radius 2 is 2.00 bits per heavy atom. The van der Waals surface area contributed by atoms with Crippen LogP contribution in [0.15, 0.2) is 42.5 Å². The number of hydrogen-bond acceptors (Lipinski definition) is 3. The van der Waals surface area contributed by atoms with E-state index < -0.39 is 0 Å². The van der Waals surface area contributed by atoms with E-state index in [0.29, 0.717) is 5.69 Å². The molecule has 2 rings (SSSR count). The Morgan fingerprint density at radius 3 is 2.71 bits per heavy atom. The summed E-state index contributed by atoms with van der Waals surface area (Å²) in [4.78, 5) is 0. The Balaban J connectivity index is 1.73. The van der Waals surface area contributed by atoms with E-state index in [1.54, 1.807) is 7.11 Å². The molecular formula is C17H21ClN2O. The summed E-state index contributed by atoms with van der Waals surface area (Å²) in [5, 5.41) is 4.22. The van der Waals surface area contributed by atoms with Crippen molar-refractivity contribution in [2.75, 3.05) is 19.4 Å². The van der Waals surface area contributed by atoms with Crippen molar-refractivity contribution in [2.24, 2.45) is 0 Å². The van der Waals surface area contributed by atoms with Crippen molar-refractivity contribution in [3.05, 3.63) is 58.6 Å². The average Bonchev–Trinajstić information content (AvgIpc) is 2.49. The van der Waals surface area contributed by atoms with Crippen molar-refractivity contribution in [2.45, 2.75) is 19.4 Å². The molecule has 21 heavy (non-hydrogen) atoms. The summed E-state index contributed by atoms with van der Waals surface area (Å²) in [7, 11) is 1.63. The molecular weight excluding hydrogens is 284 g/mol. The third-order valence-corrected chi connectivity index (χ3v) is 3.76. The van der Waals surface area contributed by atoms with E-state index in [0.717, 1.165) is 42.3 Å². The van der Waals surface area contributed by atoms with Gasteiger partial charge >= 0.3 is 0 Å². The Kier molecular flexibility index (Phi) is 5.90. The highest BCUT2D eigenvalue weighted by molar-refractivity contribution is 6.31. The van der Waals surface area contributed by atoms with Crippen LogP contribution in [0, 0.1) is 0 Å². The van der Waals surface area contributed by atoms with Gasteiger partial charge in [-0.1, -0.05) is 35.9 Å². The third kappa shape index (κ3) is 4.66. The number of rotatable bonds is 7. The van der Waals surface area contributed by atoms with Crippen LogP contribution in [-0.2, 0) is 13.0 Å². The largest absolute Gasteiger partial charge is 0.495 e. The van der Waals surface area contributed by atoms with Crippen LogP contribution in [0.25, 0.3) is 0 Å². The van der Waals surface area contributed by atoms with Crippen molar-refractivity contribution < 1.29 is 4.74 Å². The first-order valence-corrected chi connectivity index (χ1v) is 7.45. The first-order chi connectivity index (χ1) is 10.2. The van der Waals surface area contributed by atoms with Gasteiger partial charge < -0.3 is 15.8 Å². The number of halogens is 1. The Morgan fingerprint density at radius 1 is 1.19 bits per heavy atom. The number of nitrogens with two attached hydrogens (primary N) is 1. The van der Waals surface area contributed by atoms with Gasteiger partial charge in [0, 0.05) is 11.6 Å². The number of methoxy groups -OCH3 is 1. The summed E-state index contributed by atoms with van der Waals surface area (Å²) in [6.07, 6.45) is 2.04. The molecule has 2 aromatic carbocycles. The molecule has 0 amide bonds. The summed E-state index contributed by atoms with van der Waals surface area (Å²) >= 11 is 6.11. The smallest absolute Gasteiger partial charge is 0.141 e. The molecule has 0 aromatic heterocycles. The monoisotopic (exact) mass is 304 g/mol. The number of ether oxygens (including phenoxy) is 1. The zero-order valence-electron chi connectivity index (χ0n) is 12.2. The Bertz CT molecular complexity index is 587. The van der Waals surface area contributed by atoms with Crippen molar-refractivity contribution in [1.29, 1.82) is 0 Å². The molecule has 3 nitrogen and oxygen atoms in total. The minimum Gasteiger partial charge on any atom is -0.495 e. The molecule has 0 spiro atoms. The number of benzene rings is 2. The molecule has 0 aliphatic rings. The fourth-order valence-electron chi connectivity index (χ4n) is 2.22. The lowest BCUT2D eigenvalue weighted by molar-refractivity contribution is 0.417. The lowest BCUT2D eigenvalue weighted by Gasteiger charge is -2.08. The quantitative estimate of drug-likeness (QED) is 0.606. The van der Waals surface area contributed by atoms with Gasteiger partial charge in [-0.15, -0.1) is 0 Å². The molecule has 0 aliphatic carbocycles. The van der Waals surface area contributed by atoms with Gasteiger partial charge in [0.15, 0.2) is 0 Å². The third-order valence-electron chi connectivity index (χ3n) is 3.39. The maximum atomic E-state index is 6.11. The minimum absolute atomic E-state index is 0.694. The molecule has 112 valence electrons. The fraction of sp³-hybridized carbons (Fsp3) is 0.294. The van der Waals surface area contributed by atoms with E-state index in [2.05, 4.69) is 11.4 Å². The predicted octanol–water partition coefficient (Wildman–Crippen LogP) is 3.65. The van der Waals surface area contributed by atoms with Crippen LogP contribution in [0.5, 0.6) is 5.75 Å². The first kappa shape index (κ1) is 15.7. The van der Waals surface area contributed by atoms with E-state index in [4.69, 9.17) is 22.1 Å². The minimum atomic E-state index is 0.694. The van der Waals surface area contributed by atoms with E-state index >= 15 is 0 Å². The number of hydrogen-bond donors (Lipinski definition) is 2. The van der Waals surface area contributed by atoms with Crippen LogP contribution >= 0.6 is 11.6 Å². The van der Waals surface area contributed by atoms with Gasteiger partial charge in [-0.3, -0.25) is 0 Å². The molecule has 3 N–H and O–H groups in total. The summed E-state index contributed by atoms with van der Waals surface area (Å²) in [6.45, 7) is 1.74. The lowest BCUT2D eigenvalue weighted by Crippen LogP contribution is -2.15. The van der Waals surface area contributed by atoms with Gasteiger partial charge in [-0.25, -0.2) is 0 Å². The van der Waals surface area contributed by atoms with Crippen LogP contribution in [-0.4, -0.2) is 13.7 Å². The number of nitrogens with one attached hydrogen (secondary N) is 1. The lowest BCUT2D eigenvalue weighted by atomic mass is 10.1. The predicted molar refractivity (Wildman–Crippen MR) is 88.9 cm³/mol. The normalized spacial score (nSPS) is 10.6. The van der Waals surface area contributed by atoms with Crippen LogP contribution in [0.3, 0.4) is 0 Å². The van der Waals surface area contributed by atoms with Gasteiger partial charge in [0.25, 0.3) is 0 Å². The van der Waals surface area contributed by atoms with Crippen LogP contribution in [0.4, 0.5) is 5.69 Å². The molecule has 0 saturated carbocycles. The first-order valence-electron chi connectivity index (χ1n) is 7.07. The second-order valence-electron chi connectivity index (χ2n) is 4.95. The van der Waals surface area contributed by atoms with Crippen molar-refractivity contribution in [3.63, 3.8) is 0 Å². The summed E-state index contributed by atoms with van der Waals surface area (Å²) in [6, 6.07) is 13.9. The van der Waals surface area contributed by atoms with Gasteiger partial charge in [-0.2, -0.15) is 0 Å². The van der Waals surface area contributed by atoms with Crippen LogP contribution in [0.1, 0.15) is 17.5 Å². The van der Waals surface area contributed by atoms with Crippen molar-refractivity contribution in [1.82, 2.24) is 5.32 Å². The summed E-state index contributed by atoms with van der Waals surface area (Å²) in [5.74, 6) is 0.732. The molecule has 4 heteroatoms. The van der Waals surface area contributed by atoms with Crippen molar-refractivity contribution in [3.8, 4) is 5.75 Å². The number of nitrogen functional groups attached to an aromatic ring is 1. The van der Waals surface area contributed by atoms with Crippen LogP contribution < -0.4 is 15.8 Å². The molecule has 2 aromatic rings. The maximum absolute atomic E-state index is 6.11. The maximum Gasteiger partial charge on any atom is 0.141 e. The highest BCUT2D eigenvalue weighted by Crippen LogP contribution is 2.22. The van der Waals surface area contributed by atoms with Crippen LogP contribution in [0.2, 0.25) is 5.02 Å². The number of anilines is 1. The highest BCUT2D eigenvalue weighted by atomic mass is 35.5. The highest BCUT2D eigenvalue weighted by Gasteiger charge is 2.01. The fourth-order valence-corrected chi connectivity index (χ4v) is 2.42. The molecule has 0 saturated heterocycles. The molecule has 0 bridgehead atoms. The van der Waals surface area contributed by atoms with Gasteiger partial charge in [0.05, 0.1) is 12.8 Å². The van der Waals surface area contributed by atoms with E-state index in [-0.39, 0.29) is 0 Å². The Labute approximate surface area is 131 Å². The SMILES string of the molecule is COc1ccc(CCCNCc2ccccc2Cl)cc1N. The second kappa shape index (κ2) is 7.91. The summed E-state index contributed by atoms with van der Waals surface area (Å²) in [5.41, 5.74) is 8.95. The van der Waals surface area contributed by atoms with Gasteiger partial charge in [-0.05, 0) is 48.7 Å². The topological polar surface area (TPSA) is 47.3 Å². The molecule has 0 atom stereocenters. The van der Waals surface area contributed by atoms with E-state index in [9.17, 15) is 0 Å².